The molecule has 2 saturated heterocycles. The number of para-hydroxylation sites is 1. The van der Waals surface area contributed by atoms with Crippen molar-refractivity contribution in [2.45, 2.75) is 25.4 Å². The molecule has 0 unspecified atom stereocenters. The number of imide groups is 1. The summed E-state index contributed by atoms with van der Waals surface area (Å²) in [6.07, 6.45) is 0. The van der Waals surface area contributed by atoms with Gasteiger partial charge in [0.05, 0.1) is 24.1 Å². The predicted molar refractivity (Wildman–Crippen MR) is 105 cm³/mol. The molecule has 7 heteroatoms. The van der Waals surface area contributed by atoms with Crippen molar-refractivity contribution in [2.75, 3.05) is 11.5 Å². The van der Waals surface area contributed by atoms with Crippen LogP contribution in [0.3, 0.4) is 0 Å². The number of esters is 1. The number of benzene rings is 2. The second-order valence-corrected chi connectivity index (χ2v) is 7.49. The molecule has 2 aromatic carbocycles. The molecule has 0 aliphatic carbocycles. The largest absolute Gasteiger partial charge is 0.508 e. The minimum absolute atomic E-state index is 0.0937. The highest BCUT2D eigenvalue weighted by Crippen LogP contribution is 2.50. The summed E-state index contributed by atoms with van der Waals surface area (Å²) in [6, 6.07) is 14.5. The molecule has 2 heterocycles. The lowest BCUT2D eigenvalue weighted by Gasteiger charge is -2.29. The number of phenols is 1. The monoisotopic (exact) mass is 394 g/mol. The van der Waals surface area contributed by atoms with Crippen molar-refractivity contribution < 1.29 is 24.2 Å². The van der Waals surface area contributed by atoms with Crippen LogP contribution in [0.1, 0.15) is 25.5 Å². The van der Waals surface area contributed by atoms with Gasteiger partial charge in [0.2, 0.25) is 11.8 Å². The van der Waals surface area contributed by atoms with E-state index in [9.17, 15) is 19.5 Å². The van der Waals surface area contributed by atoms with Crippen molar-refractivity contribution in [3.8, 4) is 5.75 Å². The Morgan fingerprint density at radius 2 is 1.76 bits per heavy atom. The van der Waals surface area contributed by atoms with Crippen molar-refractivity contribution in [1.82, 2.24) is 5.32 Å². The standard InChI is InChI=1S/C22H22N2O5/c1-3-29-21(28)22(2)17-16(18(23-22)13-9-11-15(25)12-10-13)19(26)24(20(17)27)14-7-5-4-6-8-14/h4-12,16-18,23,25H,3H2,1-2H3/t16-,17+,18-,22+/m0/s1. The average Bonchev–Trinajstić information content (AvgIpc) is 3.17. The molecule has 2 amide bonds. The number of phenolic OH excluding ortho intramolecular Hbond substituents is 1. The molecule has 0 aromatic heterocycles. The molecule has 150 valence electrons. The number of amides is 2. The summed E-state index contributed by atoms with van der Waals surface area (Å²) in [5.74, 6) is -2.90. The fourth-order valence-electron chi connectivity index (χ4n) is 4.41. The third-order valence-electron chi connectivity index (χ3n) is 5.75. The summed E-state index contributed by atoms with van der Waals surface area (Å²) in [7, 11) is 0. The van der Waals surface area contributed by atoms with E-state index in [0.717, 1.165) is 0 Å². The summed E-state index contributed by atoms with van der Waals surface area (Å²) in [5, 5.41) is 12.8. The van der Waals surface area contributed by atoms with Gasteiger partial charge in [-0.05, 0) is 43.7 Å². The van der Waals surface area contributed by atoms with Crippen molar-refractivity contribution in [3.63, 3.8) is 0 Å². The van der Waals surface area contributed by atoms with E-state index in [1.54, 1.807) is 56.3 Å². The molecule has 7 nitrogen and oxygen atoms in total. The molecule has 2 aliphatic rings. The Balaban J connectivity index is 1.81. The maximum Gasteiger partial charge on any atom is 0.326 e. The van der Waals surface area contributed by atoms with Gasteiger partial charge in [0.15, 0.2) is 0 Å². The van der Waals surface area contributed by atoms with Crippen LogP contribution in [0.5, 0.6) is 5.75 Å². The number of ether oxygens (including phenoxy) is 1. The van der Waals surface area contributed by atoms with E-state index in [0.29, 0.717) is 11.3 Å². The van der Waals surface area contributed by atoms with Crippen molar-refractivity contribution in [3.05, 3.63) is 60.2 Å². The maximum absolute atomic E-state index is 13.4. The Kier molecular flexibility index (Phi) is 4.62. The van der Waals surface area contributed by atoms with E-state index in [-0.39, 0.29) is 18.3 Å². The van der Waals surface area contributed by atoms with Crippen molar-refractivity contribution in [2.24, 2.45) is 11.8 Å². The summed E-state index contributed by atoms with van der Waals surface area (Å²) in [6.45, 7) is 3.48. The molecular weight excluding hydrogens is 372 g/mol. The van der Waals surface area contributed by atoms with Gasteiger partial charge in [0.1, 0.15) is 11.3 Å². The van der Waals surface area contributed by atoms with E-state index >= 15 is 0 Å². The van der Waals surface area contributed by atoms with E-state index in [2.05, 4.69) is 5.32 Å². The highest BCUT2D eigenvalue weighted by atomic mass is 16.5. The smallest absolute Gasteiger partial charge is 0.326 e. The number of hydrogen-bond donors (Lipinski definition) is 2. The minimum atomic E-state index is -1.35. The zero-order valence-corrected chi connectivity index (χ0v) is 16.2. The minimum Gasteiger partial charge on any atom is -0.508 e. The van der Waals surface area contributed by atoms with E-state index in [4.69, 9.17) is 4.74 Å². The van der Waals surface area contributed by atoms with Crippen LogP contribution < -0.4 is 10.2 Å². The zero-order chi connectivity index (χ0) is 20.8. The van der Waals surface area contributed by atoms with Gasteiger partial charge in [-0.3, -0.25) is 19.7 Å². The first-order valence-corrected chi connectivity index (χ1v) is 9.55. The van der Waals surface area contributed by atoms with Crippen LogP contribution in [0.25, 0.3) is 0 Å². The number of carbonyl (C=O) groups excluding carboxylic acids is 3. The summed E-state index contributed by atoms with van der Waals surface area (Å²) < 4.78 is 5.24. The first kappa shape index (κ1) is 19.1. The molecule has 29 heavy (non-hydrogen) atoms. The number of nitrogens with zero attached hydrogens (tertiary/aromatic N) is 1. The SMILES string of the molecule is CCOC(=O)[C@]1(C)N[C@@H](c2ccc(O)cc2)[C@H]2C(=O)N(c3ccccc3)C(=O)[C@@H]21. The second-order valence-electron chi connectivity index (χ2n) is 7.49. The van der Waals surface area contributed by atoms with Gasteiger partial charge in [-0.25, -0.2) is 4.90 Å². The molecular formula is C22H22N2O5. The van der Waals surface area contributed by atoms with Crippen LogP contribution in [-0.4, -0.2) is 35.0 Å². The number of anilines is 1. The third kappa shape index (κ3) is 2.89. The van der Waals surface area contributed by atoms with Crippen LogP contribution in [0.2, 0.25) is 0 Å². The van der Waals surface area contributed by atoms with Crippen LogP contribution in [0.15, 0.2) is 54.6 Å². The highest BCUT2D eigenvalue weighted by Gasteiger charge is 2.67. The molecule has 2 aromatic rings. The third-order valence-corrected chi connectivity index (χ3v) is 5.75. The molecule has 2 aliphatic heterocycles. The van der Waals surface area contributed by atoms with Crippen LogP contribution >= 0.6 is 0 Å². The van der Waals surface area contributed by atoms with E-state index < -0.39 is 35.3 Å². The fourth-order valence-corrected chi connectivity index (χ4v) is 4.41. The van der Waals surface area contributed by atoms with E-state index in [1.165, 1.54) is 17.0 Å². The van der Waals surface area contributed by atoms with Gasteiger partial charge in [-0.1, -0.05) is 30.3 Å². The van der Waals surface area contributed by atoms with Crippen LogP contribution in [0, 0.1) is 11.8 Å². The highest BCUT2D eigenvalue weighted by molar-refractivity contribution is 6.24. The number of aromatic hydroxyl groups is 1. The Bertz CT molecular complexity index is 959. The fraction of sp³-hybridized carbons (Fsp3) is 0.318. The lowest BCUT2D eigenvalue weighted by Crippen LogP contribution is -2.54. The summed E-state index contributed by atoms with van der Waals surface area (Å²) in [5.41, 5.74) is -0.158. The van der Waals surface area contributed by atoms with E-state index in [1.807, 2.05) is 0 Å². The van der Waals surface area contributed by atoms with Crippen molar-refractivity contribution >= 4 is 23.5 Å². The lowest BCUT2D eigenvalue weighted by atomic mass is 9.80. The predicted octanol–water partition coefficient (Wildman–Crippen LogP) is 2.16. The molecule has 0 saturated carbocycles. The van der Waals surface area contributed by atoms with Crippen molar-refractivity contribution in [1.29, 1.82) is 0 Å². The number of fused-ring (bicyclic) bond motifs is 1. The van der Waals surface area contributed by atoms with Crippen LogP contribution in [0.4, 0.5) is 5.69 Å². The first-order chi connectivity index (χ1) is 13.9. The summed E-state index contributed by atoms with van der Waals surface area (Å²) >= 11 is 0. The molecule has 2 N–H and O–H groups in total. The molecule has 2 fully saturated rings. The van der Waals surface area contributed by atoms with Gasteiger partial charge in [-0.15, -0.1) is 0 Å². The molecule has 4 rings (SSSR count). The number of rotatable bonds is 4. The van der Waals surface area contributed by atoms with Gasteiger partial charge in [-0.2, -0.15) is 0 Å². The topological polar surface area (TPSA) is 95.9 Å². The van der Waals surface area contributed by atoms with Gasteiger partial charge in [0.25, 0.3) is 0 Å². The number of nitrogens with one attached hydrogen (secondary N) is 1. The summed E-state index contributed by atoms with van der Waals surface area (Å²) in [4.78, 5) is 40.7. The van der Waals surface area contributed by atoms with Crippen LogP contribution in [-0.2, 0) is 19.1 Å². The van der Waals surface area contributed by atoms with Gasteiger partial charge < -0.3 is 9.84 Å². The Labute approximate surface area is 168 Å². The molecule has 0 spiro atoms. The maximum atomic E-state index is 13.4. The first-order valence-electron chi connectivity index (χ1n) is 9.55. The zero-order valence-electron chi connectivity index (χ0n) is 16.2. The second kappa shape index (κ2) is 7.00. The molecule has 4 atom stereocenters. The quantitative estimate of drug-likeness (QED) is 0.610. The average molecular weight is 394 g/mol. The van der Waals surface area contributed by atoms with Gasteiger partial charge >= 0.3 is 5.97 Å². The molecule has 0 radical (unpaired) electrons. The normalized spacial score (nSPS) is 28.5. The number of hydrogen-bond acceptors (Lipinski definition) is 6. The Morgan fingerprint density at radius 1 is 1.10 bits per heavy atom. The Morgan fingerprint density at radius 3 is 2.38 bits per heavy atom. The lowest BCUT2D eigenvalue weighted by molar-refractivity contribution is -0.153. The van der Waals surface area contributed by atoms with Gasteiger partial charge in [0, 0.05) is 6.04 Å². The molecule has 0 bridgehead atoms. The Hall–Kier alpha value is -3.19. The number of carbonyl (C=O) groups is 3.